The maximum absolute atomic E-state index is 13.2. The molecule has 0 saturated heterocycles. The fourth-order valence-corrected chi connectivity index (χ4v) is 3.22. The predicted octanol–water partition coefficient (Wildman–Crippen LogP) is 4.28. The van der Waals surface area contributed by atoms with Gasteiger partial charge in [-0.15, -0.1) is 11.8 Å². The van der Waals surface area contributed by atoms with Gasteiger partial charge in [-0.3, -0.25) is 0 Å². The first-order chi connectivity index (χ1) is 10.2. The van der Waals surface area contributed by atoms with Gasteiger partial charge in [-0.1, -0.05) is 31.2 Å². The molecule has 1 N–H and O–H groups in total. The molecule has 0 heterocycles. The second kappa shape index (κ2) is 8.05. The average molecular weight is 305 g/mol. The molecule has 2 rings (SSSR count). The summed E-state index contributed by atoms with van der Waals surface area (Å²) in [7, 11) is 1.68. The van der Waals surface area contributed by atoms with E-state index < -0.39 is 0 Å². The molecular formula is C17H20FNOS. The van der Waals surface area contributed by atoms with Crippen LogP contribution in [0.1, 0.15) is 18.5 Å². The molecule has 2 aromatic carbocycles. The third-order valence-corrected chi connectivity index (χ3v) is 4.26. The van der Waals surface area contributed by atoms with Gasteiger partial charge in [0.1, 0.15) is 11.6 Å². The second-order valence-corrected chi connectivity index (χ2v) is 5.71. The fourth-order valence-electron chi connectivity index (χ4n) is 2.20. The van der Waals surface area contributed by atoms with Crippen LogP contribution in [0, 0.1) is 5.82 Å². The molecule has 1 unspecified atom stereocenters. The van der Waals surface area contributed by atoms with Crippen LogP contribution in [0.2, 0.25) is 0 Å². The molecule has 0 bridgehead atoms. The van der Waals surface area contributed by atoms with Gasteiger partial charge in [0, 0.05) is 22.3 Å². The van der Waals surface area contributed by atoms with Crippen LogP contribution < -0.4 is 10.1 Å². The summed E-state index contributed by atoms with van der Waals surface area (Å²) in [6.07, 6.45) is 0. The molecule has 0 aromatic heterocycles. The first-order valence-electron chi connectivity index (χ1n) is 6.99. The third-order valence-electron chi connectivity index (χ3n) is 3.18. The SMILES string of the molecule is CCNC(CSc1cccc(F)c1)c1ccccc1OC. The van der Waals surface area contributed by atoms with Crippen LogP contribution in [0.15, 0.2) is 53.4 Å². The Hall–Kier alpha value is -1.52. The Morgan fingerprint density at radius 2 is 2.00 bits per heavy atom. The van der Waals surface area contributed by atoms with Crippen molar-refractivity contribution in [2.45, 2.75) is 17.9 Å². The van der Waals surface area contributed by atoms with Gasteiger partial charge in [0.25, 0.3) is 0 Å². The Morgan fingerprint density at radius 3 is 2.71 bits per heavy atom. The highest BCUT2D eigenvalue weighted by atomic mass is 32.2. The summed E-state index contributed by atoms with van der Waals surface area (Å²) in [6, 6.07) is 14.9. The van der Waals surface area contributed by atoms with Crippen LogP contribution in [0.25, 0.3) is 0 Å². The second-order valence-electron chi connectivity index (χ2n) is 4.62. The van der Waals surface area contributed by atoms with Crippen molar-refractivity contribution >= 4 is 11.8 Å². The Bertz CT molecular complexity index is 576. The van der Waals surface area contributed by atoms with Gasteiger partial charge in [0.2, 0.25) is 0 Å². The number of para-hydroxylation sites is 1. The highest BCUT2D eigenvalue weighted by molar-refractivity contribution is 7.99. The Morgan fingerprint density at radius 1 is 1.19 bits per heavy atom. The summed E-state index contributed by atoms with van der Waals surface area (Å²) >= 11 is 1.64. The molecule has 0 saturated carbocycles. The normalized spacial score (nSPS) is 12.1. The number of hydrogen-bond donors (Lipinski definition) is 1. The molecule has 0 aliphatic rings. The summed E-state index contributed by atoms with van der Waals surface area (Å²) in [6.45, 7) is 2.95. The van der Waals surface area contributed by atoms with E-state index in [0.717, 1.165) is 28.5 Å². The monoisotopic (exact) mass is 305 g/mol. The maximum atomic E-state index is 13.2. The van der Waals surface area contributed by atoms with Crippen LogP contribution in [0.4, 0.5) is 4.39 Å². The van der Waals surface area contributed by atoms with Gasteiger partial charge in [-0.25, -0.2) is 4.39 Å². The number of methoxy groups -OCH3 is 1. The lowest BCUT2D eigenvalue weighted by Gasteiger charge is -2.20. The van der Waals surface area contributed by atoms with Gasteiger partial charge in [0.05, 0.1) is 7.11 Å². The Labute approximate surface area is 129 Å². The topological polar surface area (TPSA) is 21.3 Å². The highest BCUT2D eigenvalue weighted by Crippen LogP contribution is 2.30. The van der Waals surface area contributed by atoms with E-state index in [2.05, 4.69) is 18.3 Å². The molecule has 112 valence electrons. The van der Waals surface area contributed by atoms with E-state index in [0.29, 0.717) is 0 Å². The van der Waals surface area contributed by atoms with Crippen molar-refractivity contribution in [1.29, 1.82) is 0 Å². The zero-order valence-corrected chi connectivity index (χ0v) is 13.1. The molecular weight excluding hydrogens is 285 g/mol. The Kier molecular flexibility index (Phi) is 6.08. The average Bonchev–Trinajstić information content (AvgIpc) is 2.51. The summed E-state index contributed by atoms with van der Waals surface area (Å²) in [5.74, 6) is 1.50. The first-order valence-corrected chi connectivity index (χ1v) is 7.97. The highest BCUT2D eigenvalue weighted by Gasteiger charge is 2.15. The summed E-state index contributed by atoms with van der Waals surface area (Å²) in [5, 5.41) is 3.46. The lowest BCUT2D eigenvalue weighted by molar-refractivity contribution is 0.403. The van der Waals surface area contributed by atoms with Crippen LogP contribution in [-0.2, 0) is 0 Å². The van der Waals surface area contributed by atoms with Crippen molar-refractivity contribution in [1.82, 2.24) is 5.32 Å². The molecule has 0 aliphatic carbocycles. The molecule has 0 spiro atoms. The number of benzene rings is 2. The minimum atomic E-state index is -0.197. The van der Waals surface area contributed by atoms with E-state index in [-0.39, 0.29) is 11.9 Å². The van der Waals surface area contributed by atoms with Crippen LogP contribution in [-0.4, -0.2) is 19.4 Å². The first kappa shape index (κ1) is 15.9. The molecule has 1 atom stereocenters. The minimum absolute atomic E-state index is 0.166. The van der Waals surface area contributed by atoms with E-state index in [9.17, 15) is 4.39 Å². The van der Waals surface area contributed by atoms with Crippen LogP contribution in [0.5, 0.6) is 5.75 Å². The Balaban J connectivity index is 2.12. The largest absolute Gasteiger partial charge is 0.496 e. The number of thioether (sulfide) groups is 1. The molecule has 2 nitrogen and oxygen atoms in total. The predicted molar refractivity (Wildman–Crippen MR) is 86.5 cm³/mol. The van der Waals surface area contributed by atoms with Crippen molar-refractivity contribution in [2.24, 2.45) is 0 Å². The molecule has 4 heteroatoms. The standard InChI is InChI=1S/C17H20FNOS/c1-3-19-16(15-9-4-5-10-17(15)20-2)12-21-14-8-6-7-13(18)11-14/h4-11,16,19H,3,12H2,1-2H3. The smallest absolute Gasteiger partial charge is 0.124 e. The van der Waals surface area contributed by atoms with Crippen molar-refractivity contribution < 1.29 is 9.13 Å². The lowest BCUT2D eigenvalue weighted by atomic mass is 10.1. The van der Waals surface area contributed by atoms with Crippen molar-refractivity contribution in [3.8, 4) is 5.75 Å². The number of rotatable bonds is 7. The van der Waals surface area contributed by atoms with E-state index in [1.807, 2.05) is 24.3 Å². The molecule has 2 aromatic rings. The number of nitrogens with one attached hydrogen (secondary N) is 1. The van der Waals surface area contributed by atoms with Gasteiger partial charge in [-0.05, 0) is 30.8 Å². The van der Waals surface area contributed by atoms with E-state index >= 15 is 0 Å². The molecule has 21 heavy (non-hydrogen) atoms. The fraction of sp³-hybridized carbons (Fsp3) is 0.294. The van der Waals surface area contributed by atoms with Crippen molar-refractivity contribution in [2.75, 3.05) is 19.4 Å². The zero-order valence-electron chi connectivity index (χ0n) is 12.3. The van der Waals surface area contributed by atoms with Crippen LogP contribution in [0.3, 0.4) is 0 Å². The van der Waals surface area contributed by atoms with Gasteiger partial charge in [0.15, 0.2) is 0 Å². The summed E-state index contributed by atoms with van der Waals surface area (Å²) in [4.78, 5) is 0.938. The van der Waals surface area contributed by atoms with E-state index in [1.54, 1.807) is 31.0 Å². The van der Waals surface area contributed by atoms with Crippen LogP contribution >= 0.6 is 11.8 Å². The number of hydrogen-bond acceptors (Lipinski definition) is 3. The molecule has 0 aliphatic heterocycles. The molecule has 0 radical (unpaired) electrons. The van der Waals surface area contributed by atoms with Crippen molar-refractivity contribution in [3.05, 3.63) is 59.9 Å². The molecule has 0 fully saturated rings. The van der Waals surface area contributed by atoms with Crippen molar-refractivity contribution in [3.63, 3.8) is 0 Å². The number of halogens is 1. The summed E-state index contributed by atoms with van der Waals surface area (Å²) in [5.41, 5.74) is 1.13. The van der Waals surface area contributed by atoms with Gasteiger partial charge in [-0.2, -0.15) is 0 Å². The number of ether oxygens (including phenoxy) is 1. The minimum Gasteiger partial charge on any atom is -0.496 e. The molecule has 0 amide bonds. The van der Waals surface area contributed by atoms with E-state index in [4.69, 9.17) is 4.74 Å². The van der Waals surface area contributed by atoms with E-state index in [1.165, 1.54) is 6.07 Å². The van der Waals surface area contributed by atoms with Gasteiger partial charge < -0.3 is 10.1 Å². The van der Waals surface area contributed by atoms with Gasteiger partial charge >= 0.3 is 0 Å². The summed E-state index contributed by atoms with van der Waals surface area (Å²) < 4.78 is 18.7. The lowest BCUT2D eigenvalue weighted by Crippen LogP contribution is -2.23. The third kappa shape index (κ3) is 4.48. The maximum Gasteiger partial charge on any atom is 0.124 e. The quantitative estimate of drug-likeness (QED) is 0.772. The zero-order chi connectivity index (χ0) is 15.1.